The molecule has 0 saturated carbocycles. The molecular formula is C15H14NO5S-. The van der Waals surface area contributed by atoms with Crippen molar-refractivity contribution in [3.8, 4) is 5.75 Å². The summed E-state index contributed by atoms with van der Waals surface area (Å²) in [7, 11) is -3.88. The number of ether oxygens (including phenoxy) is 1. The zero-order valence-electron chi connectivity index (χ0n) is 11.8. The molecule has 0 radical (unpaired) electrons. The van der Waals surface area contributed by atoms with E-state index in [0.717, 1.165) is 6.07 Å². The van der Waals surface area contributed by atoms with Crippen LogP contribution in [0.4, 0.5) is 5.69 Å². The topological polar surface area (TPSA) is 95.5 Å². The van der Waals surface area contributed by atoms with E-state index in [2.05, 4.69) is 4.72 Å². The number of hydrogen-bond donors (Lipinski definition) is 1. The fourth-order valence-electron chi connectivity index (χ4n) is 1.79. The number of carbonyl (C=O) groups is 1. The lowest BCUT2D eigenvalue weighted by Crippen LogP contribution is -2.23. The van der Waals surface area contributed by atoms with Crippen molar-refractivity contribution in [2.45, 2.75) is 11.8 Å². The Morgan fingerprint density at radius 3 is 2.45 bits per heavy atom. The van der Waals surface area contributed by atoms with E-state index in [1.54, 1.807) is 24.3 Å². The zero-order valence-corrected chi connectivity index (χ0v) is 12.6. The van der Waals surface area contributed by atoms with Gasteiger partial charge in [-0.2, -0.15) is 0 Å². The van der Waals surface area contributed by atoms with Crippen molar-refractivity contribution in [1.82, 2.24) is 0 Å². The summed E-state index contributed by atoms with van der Waals surface area (Å²) in [6.07, 6.45) is 0. The first-order valence-electron chi connectivity index (χ1n) is 6.49. The monoisotopic (exact) mass is 320 g/mol. The van der Waals surface area contributed by atoms with Crippen LogP contribution in [0, 0.1) is 0 Å². The Balaban J connectivity index is 2.23. The first-order chi connectivity index (χ1) is 10.4. The number of carboxylic acid groups (broad SMARTS) is 1. The number of hydrogen-bond acceptors (Lipinski definition) is 5. The lowest BCUT2D eigenvalue weighted by Gasteiger charge is -2.10. The Labute approximate surface area is 128 Å². The van der Waals surface area contributed by atoms with E-state index in [4.69, 9.17) is 4.74 Å². The van der Waals surface area contributed by atoms with Gasteiger partial charge in [-0.1, -0.05) is 12.1 Å². The standard InChI is InChI=1S/C15H15NO5S/c1-2-21-13-8-6-12(7-9-13)16-22(19,20)14-5-3-4-11(10-14)15(17)18/h3-10,16H,2H2,1H3,(H,17,18)/p-1. The first-order valence-corrected chi connectivity index (χ1v) is 7.98. The van der Waals surface area contributed by atoms with E-state index in [1.165, 1.54) is 18.2 Å². The average molecular weight is 320 g/mol. The van der Waals surface area contributed by atoms with Gasteiger partial charge in [0, 0.05) is 5.69 Å². The molecule has 2 rings (SSSR count). The Hall–Kier alpha value is -2.54. The summed E-state index contributed by atoms with van der Waals surface area (Å²) < 4.78 is 32.1. The second-order valence-electron chi connectivity index (χ2n) is 4.38. The van der Waals surface area contributed by atoms with Crippen LogP contribution in [-0.2, 0) is 10.0 Å². The number of anilines is 1. The van der Waals surface area contributed by atoms with Crippen LogP contribution in [0.5, 0.6) is 5.75 Å². The van der Waals surface area contributed by atoms with Gasteiger partial charge in [-0.15, -0.1) is 0 Å². The van der Waals surface area contributed by atoms with Crippen LogP contribution in [0.3, 0.4) is 0 Å². The minimum Gasteiger partial charge on any atom is -0.545 e. The molecule has 116 valence electrons. The van der Waals surface area contributed by atoms with Gasteiger partial charge in [0.05, 0.1) is 17.5 Å². The van der Waals surface area contributed by atoms with E-state index >= 15 is 0 Å². The summed E-state index contributed by atoms with van der Waals surface area (Å²) in [5.74, 6) is -0.803. The highest BCUT2D eigenvalue weighted by Gasteiger charge is 2.14. The fourth-order valence-corrected chi connectivity index (χ4v) is 2.89. The maximum atomic E-state index is 12.2. The highest BCUT2D eigenvalue weighted by Crippen LogP contribution is 2.20. The van der Waals surface area contributed by atoms with Gasteiger partial charge in [-0.25, -0.2) is 8.42 Å². The van der Waals surface area contributed by atoms with E-state index < -0.39 is 16.0 Å². The average Bonchev–Trinajstić information content (AvgIpc) is 2.49. The van der Waals surface area contributed by atoms with Crippen molar-refractivity contribution in [3.63, 3.8) is 0 Å². The third kappa shape index (κ3) is 3.76. The molecule has 0 heterocycles. The Kier molecular flexibility index (Phi) is 4.67. The molecule has 0 atom stereocenters. The lowest BCUT2D eigenvalue weighted by atomic mass is 10.2. The predicted octanol–water partition coefficient (Wildman–Crippen LogP) is 1.25. The lowest BCUT2D eigenvalue weighted by molar-refractivity contribution is -0.255. The van der Waals surface area contributed by atoms with E-state index in [-0.39, 0.29) is 10.5 Å². The molecule has 6 nitrogen and oxygen atoms in total. The summed E-state index contributed by atoms with van der Waals surface area (Å²) in [5, 5.41) is 10.8. The number of nitrogens with one attached hydrogen (secondary N) is 1. The largest absolute Gasteiger partial charge is 0.545 e. The molecule has 0 spiro atoms. The molecule has 2 aromatic carbocycles. The molecule has 7 heteroatoms. The van der Waals surface area contributed by atoms with Gasteiger partial charge in [0.15, 0.2) is 0 Å². The van der Waals surface area contributed by atoms with E-state index in [9.17, 15) is 18.3 Å². The Morgan fingerprint density at radius 2 is 1.86 bits per heavy atom. The minimum absolute atomic E-state index is 0.150. The van der Waals surface area contributed by atoms with Crippen LogP contribution in [0.25, 0.3) is 0 Å². The predicted molar refractivity (Wildman–Crippen MR) is 79.2 cm³/mol. The van der Waals surface area contributed by atoms with Crippen LogP contribution in [-0.4, -0.2) is 21.0 Å². The van der Waals surface area contributed by atoms with E-state index in [0.29, 0.717) is 18.0 Å². The summed E-state index contributed by atoms with van der Waals surface area (Å²) in [6, 6.07) is 11.4. The molecule has 0 amide bonds. The third-order valence-electron chi connectivity index (χ3n) is 2.80. The van der Waals surface area contributed by atoms with Gasteiger partial charge < -0.3 is 14.6 Å². The minimum atomic E-state index is -3.88. The molecule has 0 bridgehead atoms. The molecule has 0 unspecified atom stereocenters. The van der Waals surface area contributed by atoms with Gasteiger partial charge in [0.1, 0.15) is 5.75 Å². The van der Waals surface area contributed by atoms with Gasteiger partial charge in [0.2, 0.25) is 0 Å². The van der Waals surface area contributed by atoms with Crippen molar-refractivity contribution >= 4 is 21.7 Å². The smallest absolute Gasteiger partial charge is 0.261 e. The number of rotatable bonds is 6. The molecule has 2 aromatic rings. The molecule has 0 aliphatic carbocycles. The number of carboxylic acids is 1. The van der Waals surface area contributed by atoms with Crippen LogP contribution in [0.1, 0.15) is 17.3 Å². The molecule has 0 fully saturated rings. The van der Waals surface area contributed by atoms with Crippen LogP contribution in [0.15, 0.2) is 53.4 Å². The van der Waals surface area contributed by atoms with E-state index in [1.807, 2.05) is 6.92 Å². The van der Waals surface area contributed by atoms with Crippen LogP contribution < -0.4 is 14.6 Å². The van der Waals surface area contributed by atoms with Crippen molar-refractivity contribution in [2.24, 2.45) is 0 Å². The number of aromatic carboxylic acids is 1. The van der Waals surface area contributed by atoms with Gasteiger partial charge >= 0.3 is 0 Å². The summed E-state index contributed by atoms with van der Waals surface area (Å²) in [4.78, 5) is 10.6. The van der Waals surface area contributed by atoms with Gasteiger partial charge in [-0.05, 0) is 48.9 Å². The van der Waals surface area contributed by atoms with Gasteiger partial charge in [-0.3, -0.25) is 4.72 Å². The maximum Gasteiger partial charge on any atom is 0.261 e. The normalized spacial score (nSPS) is 11.0. The molecule has 22 heavy (non-hydrogen) atoms. The molecular weight excluding hydrogens is 306 g/mol. The van der Waals surface area contributed by atoms with Gasteiger partial charge in [0.25, 0.3) is 10.0 Å². The summed E-state index contributed by atoms with van der Waals surface area (Å²) in [5.41, 5.74) is 0.150. The second kappa shape index (κ2) is 6.48. The third-order valence-corrected chi connectivity index (χ3v) is 4.18. The Morgan fingerprint density at radius 1 is 1.18 bits per heavy atom. The number of benzene rings is 2. The highest BCUT2D eigenvalue weighted by atomic mass is 32.2. The summed E-state index contributed by atoms with van der Waals surface area (Å²) >= 11 is 0. The molecule has 0 aromatic heterocycles. The van der Waals surface area contributed by atoms with Crippen LogP contribution >= 0.6 is 0 Å². The number of carbonyl (C=O) groups excluding carboxylic acids is 1. The van der Waals surface area contributed by atoms with Crippen molar-refractivity contribution in [3.05, 3.63) is 54.1 Å². The fraction of sp³-hybridized carbons (Fsp3) is 0.133. The van der Waals surface area contributed by atoms with Crippen molar-refractivity contribution in [2.75, 3.05) is 11.3 Å². The number of sulfonamides is 1. The van der Waals surface area contributed by atoms with Crippen molar-refractivity contribution in [1.29, 1.82) is 0 Å². The van der Waals surface area contributed by atoms with Crippen molar-refractivity contribution < 1.29 is 23.1 Å². The highest BCUT2D eigenvalue weighted by molar-refractivity contribution is 7.92. The first kappa shape index (κ1) is 15.8. The molecule has 0 saturated heterocycles. The molecule has 0 aliphatic heterocycles. The maximum absolute atomic E-state index is 12.2. The zero-order chi connectivity index (χ0) is 16.2. The van der Waals surface area contributed by atoms with Crippen LogP contribution in [0.2, 0.25) is 0 Å². The molecule has 1 N–H and O–H groups in total. The molecule has 0 aliphatic rings. The Bertz CT molecular complexity index is 769. The quantitative estimate of drug-likeness (QED) is 0.864. The summed E-state index contributed by atoms with van der Waals surface area (Å²) in [6.45, 7) is 2.36. The second-order valence-corrected chi connectivity index (χ2v) is 6.06. The SMILES string of the molecule is CCOc1ccc(NS(=O)(=O)c2cccc(C(=O)[O-])c2)cc1.